The number of sulfone groups is 1. The second-order valence-corrected chi connectivity index (χ2v) is 7.20. The molecule has 1 N–H and O–H groups in total. The van der Waals surface area contributed by atoms with E-state index in [1.165, 1.54) is 0 Å². The topological polar surface area (TPSA) is 55.4 Å². The van der Waals surface area contributed by atoms with Gasteiger partial charge in [-0.25, -0.2) is 8.42 Å². The number of rotatable bonds is 6. The van der Waals surface area contributed by atoms with Gasteiger partial charge in [-0.05, 0) is 30.5 Å². The highest BCUT2D eigenvalue weighted by atomic mass is 32.2. The largest absolute Gasteiger partial charge is 0.494 e. The van der Waals surface area contributed by atoms with E-state index in [-0.39, 0.29) is 11.8 Å². The lowest BCUT2D eigenvalue weighted by Gasteiger charge is -2.11. The van der Waals surface area contributed by atoms with Gasteiger partial charge in [0.1, 0.15) is 5.75 Å². The van der Waals surface area contributed by atoms with E-state index in [4.69, 9.17) is 4.74 Å². The molecule has 0 bridgehead atoms. The molecule has 1 aromatic rings. The van der Waals surface area contributed by atoms with Crippen LogP contribution in [0.2, 0.25) is 0 Å². The van der Waals surface area contributed by atoms with E-state index in [1.807, 2.05) is 24.3 Å². The Balaban J connectivity index is 1.80. The molecule has 0 unspecified atom stereocenters. The molecule has 0 aliphatic carbocycles. The average molecular weight is 283 g/mol. The van der Waals surface area contributed by atoms with E-state index in [0.717, 1.165) is 30.8 Å². The van der Waals surface area contributed by atoms with Crippen LogP contribution >= 0.6 is 0 Å². The van der Waals surface area contributed by atoms with Gasteiger partial charge >= 0.3 is 0 Å². The molecule has 0 amide bonds. The zero-order valence-corrected chi connectivity index (χ0v) is 12.1. The Morgan fingerprint density at radius 1 is 1.32 bits per heavy atom. The highest BCUT2D eigenvalue weighted by Gasteiger charge is 2.27. The maximum atomic E-state index is 11.3. The first-order valence-electron chi connectivity index (χ1n) is 6.74. The fraction of sp³-hybridized carbons (Fsp3) is 0.571. The van der Waals surface area contributed by atoms with Crippen molar-refractivity contribution >= 4 is 9.84 Å². The second-order valence-electron chi connectivity index (χ2n) is 4.97. The van der Waals surface area contributed by atoms with Gasteiger partial charge in [0.05, 0.1) is 18.1 Å². The molecule has 1 aliphatic rings. The van der Waals surface area contributed by atoms with Gasteiger partial charge < -0.3 is 10.1 Å². The minimum absolute atomic E-state index is 0.0982. The second kappa shape index (κ2) is 6.39. The molecule has 1 saturated heterocycles. The molecular weight excluding hydrogens is 262 g/mol. The van der Waals surface area contributed by atoms with Crippen molar-refractivity contribution in [2.24, 2.45) is 0 Å². The van der Waals surface area contributed by atoms with Gasteiger partial charge in [0.25, 0.3) is 0 Å². The minimum atomic E-state index is -2.80. The summed E-state index contributed by atoms with van der Waals surface area (Å²) in [6.45, 7) is 3.51. The highest BCUT2D eigenvalue weighted by Crippen LogP contribution is 2.14. The number of hydrogen-bond donors (Lipinski definition) is 1. The first-order chi connectivity index (χ1) is 9.09. The van der Waals surface area contributed by atoms with E-state index < -0.39 is 9.84 Å². The van der Waals surface area contributed by atoms with Crippen molar-refractivity contribution < 1.29 is 13.2 Å². The third kappa shape index (κ3) is 4.51. The SMILES string of the molecule is CCCOc1ccc(CN[C@@H]2CCS(=O)(=O)C2)cc1. The van der Waals surface area contributed by atoms with Crippen molar-refractivity contribution in [1.29, 1.82) is 0 Å². The summed E-state index contributed by atoms with van der Waals surface area (Å²) < 4.78 is 28.2. The maximum Gasteiger partial charge on any atom is 0.151 e. The van der Waals surface area contributed by atoms with Gasteiger partial charge in [0.2, 0.25) is 0 Å². The minimum Gasteiger partial charge on any atom is -0.494 e. The van der Waals surface area contributed by atoms with Crippen LogP contribution in [0.3, 0.4) is 0 Å². The van der Waals surface area contributed by atoms with Crippen LogP contribution in [0.1, 0.15) is 25.3 Å². The van der Waals surface area contributed by atoms with Crippen LogP contribution in [0.4, 0.5) is 0 Å². The molecule has 1 atom stereocenters. The van der Waals surface area contributed by atoms with Gasteiger partial charge in [0, 0.05) is 12.6 Å². The predicted molar refractivity (Wildman–Crippen MR) is 76.1 cm³/mol. The van der Waals surface area contributed by atoms with Crippen LogP contribution < -0.4 is 10.1 Å². The van der Waals surface area contributed by atoms with Crippen molar-refractivity contribution in [3.63, 3.8) is 0 Å². The lowest BCUT2D eigenvalue weighted by atomic mass is 10.2. The number of ether oxygens (including phenoxy) is 1. The van der Waals surface area contributed by atoms with Crippen LogP contribution in [0.15, 0.2) is 24.3 Å². The third-order valence-corrected chi connectivity index (χ3v) is 4.99. The standard InChI is InChI=1S/C14H21NO3S/c1-2-8-18-14-5-3-12(4-6-14)10-15-13-7-9-19(16,17)11-13/h3-6,13,15H,2,7-11H2,1H3/t13-/m1/s1. The Kier molecular flexibility index (Phi) is 4.82. The summed E-state index contributed by atoms with van der Waals surface area (Å²) in [5, 5.41) is 3.30. The van der Waals surface area contributed by atoms with Crippen molar-refractivity contribution in [1.82, 2.24) is 5.32 Å². The molecular formula is C14H21NO3S. The molecule has 106 valence electrons. The molecule has 1 heterocycles. The molecule has 0 spiro atoms. The Bertz CT molecular complexity index is 496. The summed E-state index contributed by atoms with van der Waals surface area (Å²) in [7, 11) is -2.80. The van der Waals surface area contributed by atoms with E-state index in [9.17, 15) is 8.42 Å². The zero-order valence-electron chi connectivity index (χ0n) is 11.3. The smallest absolute Gasteiger partial charge is 0.151 e. The predicted octanol–water partition coefficient (Wildman–Crippen LogP) is 1.75. The van der Waals surface area contributed by atoms with Crippen molar-refractivity contribution in [2.75, 3.05) is 18.1 Å². The third-order valence-electron chi connectivity index (χ3n) is 3.22. The zero-order chi connectivity index (χ0) is 13.7. The Hall–Kier alpha value is -1.07. The van der Waals surface area contributed by atoms with E-state index in [2.05, 4.69) is 12.2 Å². The van der Waals surface area contributed by atoms with E-state index in [1.54, 1.807) is 0 Å². The summed E-state index contributed by atoms with van der Waals surface area (Å²) >= 11 is 0. The molecule has 1 aromatic carbocycles. The fourth-order valence-electron chi connectivity index (χ4n) is 2.14. The molecule has 0 radical (unpaired) electrons. The van der Waals surface area contributed by atoms with Gasteiger partial charge in [-0.1, -0.05) is 19.1 Å². The molecule has 19 heavy (non-hydrogen) atoms. The molecule has 2 rings (SSSR count). The number of hydrogen-bond acceptors (Lipinski definition) is 4. The average Bonchev–Trinajstić information content (AvgIpc) is 2.75. The van der Waals surface area contributed by atoms with E-state index in [0.29, 0.717) is 12.3 Å². The van der Waals surface area contributed by atoms with Crippen LogP contribution in [-0.2, 0) is 16.4 Å². The summed E-state index contributed by atoms with van der Waals surface area (Å²) in [5.41, 5.74) is 1.15. The van der Waals surface area contributed by atoms with Crippen LogP contribution in [0.25, 0.3) is 0 Å². The van der Waals surface area contributed by atoms with Gasteiger partial charge in [-0.3, -0.25) is 0 Å². The lowest BCUT2D eigenvalue weighted by molar-refractivity contribution is 0.317. The van der Waals surface area contributed by atoms with Crippen LogP contribution in [-0.4, -0.2) is 32.6 Å². The maximum absolute atomic E-state index is 11.3. The lowest BCUT2D eigenvalue weighted by Crippen LogP contribution is -2.29. The van der Waals surface area contributed by atoms with Crippen LogP contribution in [0, 0.1) is 0 Å². The fourth-order valence-corrected chi connectivity index (χ4v) is 3.85. The number of benzene rings is 1. The Morgan fingerprint density at radius 3 is 2.63 bits per heavy atom. The summed E-state index contributed by atoms with van der Waals surface area (Å²) in [6, 6.07) is 8.04. The normalized spacial score (nSPS) is 21.4. The monoisotopic (exact) mass is 283 g/mol. The molecule has 1 aliphatic heterocycles. The van der Waals surface area contributed by atoms with Crippen molar-refractivity contribution in [3.05, 3.63) is 29.8 Å². The molecule has 4 nitrogen and oxygen atoms in total. The van der Waals surface area contributed by atoms with Crippen molar-refractivity contribution in [2.45, 2.75) is 32.4 Å². The summed E-state index contributed by atoms with van der Waals surface area (Å²) in [5.74, 6) is 1.47. The van der Waals surface area contributed by atoms with Gasteiger partial charge in [0.15, 0.2) is 9.84 Å². The van der Waals surface area contributed by atoms with Crippen molar-refractivity contribution in [3.8, 4) is 5.75 Å². The van der Waals surface area contributed by atoms with E-state index >= 15 is 0 Å². The van der Waals surface area contributed by atoms with Crippen LogP contribution in [0.5, 0.6) is 5.75 Å². The van der Waals surface area contributed by atoms with Gasteiger partial charge in [-0.15, -0.1) is 0 Å². The molecule has 0 saturated carbocycles. The molecule has 0 aromatic heterocycles. The Morgan fingerprint density at radius 2 is 2.05 bits per heavy atom. The number of nitrogens with one attached hydrogen (secondary N) is 1. The molecule has 1 fully saturated rings. The summed E-state index contributed by atoms with van der Waals surface area (Å²) in [6.07, 6.45) is 1.72. The molecule has 5 heteroatoms. The first-order valence-corrected chi connectivity index (χ1v) is 8.57. The summed E-state index contributed by atoms with van der Waals surface area (Å²) in [4.78, 5) is 0. The first kappa shape index (κ1) is 14.3. The van der Waals surface area contributed by atoms with Gasteiger partial charge in [-0.2, -0.15) is 0 Å². The Labute approximate surface area is 115 Å². The highest BCUT2D eigenvalue weighted by molar-refractivity contribution is 7.91. The quantitative estimate of drug-likeness (QED) is 0.864.